The van der Waals surface area contributed by atoms with E-state index in [2.05, 4.69) is 22.7 Å². The summed E-state index contributed by atoms with van der Waals surface area (Å²) in [7, 11) is 1.74. The third-order valence-corrected chi connectivity index (χ3v) is 4.95. The number of carbonyl (C=O) groups excluding carboxylic acids is 2. The molecule has 2 aromatic carbocycles. The number of anilines is 2. The van der Waals surface area contributed by atoms with Gasteiger partial charge in [0, 0.05) is 24.6 Å². The number of aryl methyl sites for hydroxylation is 2. The second kappa shape index (κ2) is 9.86. The Bertz CT molecular complexity index is 1240. The zero-order chi connectivity index (χ0) is 23.2. The summed E-state index contributed by atoms with van der Waals surface area (Å²) < 4.78 is 12.9. The number of aromatic nitrogens is 2. The zero-order valence-corrected chi connectivity index (χ0v) is 18.4. The molecule has 0 saturated carbocycles. The fourth-order valence-electron chi connectivity index (χ4n) is 3.11. The molecule has 0 aliphatic rings. The molecule has 0 radical (unpaired) electrons. The third-order valence-electron chi connectivity index (χ3n) is 4.95. The molecule has 0 aliphatic heterocycles. The Labute approximate surface area is 191 Å². The number of rotatable bonds is 8. The van der Waals surface area contributed by atoms with Crippen LogP contribution in [0, 0.1) is 0 Å². The van der Waals surface area contributed by atoms with Gasteiger partial charge >= 0.3 is 0 Å². The average molecular weight is 444 g/mol. The summed E-state index contributed by atoms with van der Waals surface area (Å²) in [5.41, 5.74) is 2.72. The summed E-state index contributed by atoms with van der Waals surface area (Å²) in [6.45, 7) is 2.32. The Hall–Kier alpha value is -4.33. The van der Waals surface area contributed by atoms with Gasteiger partial charge in [-0.2, -0.15) is 5.10 Å². The highest BCUT2D eigenvalue weighted by Gasteiger charge is 2.13. The number of ether oxygens (including phenoxy) is 1. The van der Waals surface area contributed by atoms with E-state index in [4.69, 9.17) is 9.15 Å². The predicted octanol–water partition coefficient (Wildman–Crippen LogP) is 4.66. The van der Waals surface area contributed by atoms with Crippen molar-refractivity contribution in [1.82, 2.24) is 9.78 Å². The molecule has 0 bridgehead atoms. The van der Waals surface area contributed by atoms with E-state index in [-0.39, 0.29) is 24.2 Å². The number of benzene rings is 2. The third kappa shape index (κ3) is 5.68. The summed E-state index contributed by atoms with van der Waals surface area (Å²) in [5, 5.41) is 9.60. The van der Waals surface area contributed by atoms with Crippen molar-refractivity contribution in [2.45, 2.75) is 20.0 Å². The van der Waals surface area contributed by atoms with E-state index in [0.717, 1.165) is 12.2 Å². The van der Waals surface area contributed by atoms with E-state index in [1.54, 1.807) is 60.4 Å². The molecular weight excluding hydrogens is 420 g/mol. The Morgan fingerprint density at radius 2 is 1.58 bits per heavy atom. The highest BCUT2D eigenvalue weighted by molar-refractivity contribution is 6.04. The normalized spacial score (nSPS) is 10.6. The first-order valence-electron chi connectivity index (χ1n) is 10.5. The topological polar surface area (TPSA) is 98.4 Å². The number of hydrogen-bond donors (Lipinski definition) is 2. The predicted molar refractivity (Wildman–Crippen MR) is 124 cm³/mol. The highest BCUT2D eigenvalue weighted by atomic mass is 16.5. The molecule has 0 unspecified atom stereocenters. The van der Waals surface area contributed by atoms with Gasteiger partial charge in [0.2, 0.25) is 0 Å². The van der Waals surface area contributed by atoms with Crippen LogP contribution in [0.5, 0.6) is 5.75 Å². The van der Waals surface area contributed by atoms with Gasteiger partial charge in [-0.1, -0.05) is 19.1 Å². The fraction of sp³-hybridized carbons (Fsp3) is 0.160. The van der Waals surface area contributed by atoms with Crippen LogP contribution in [0.25, 0.3) is 0 Å². The molecule has 8 nitrogen and oxygen atoms in total. The average Bonchev–Trinajstić information content (AvgIpc) is 3.48. The Morgan fingerprint density at radius 1 is 0.909 bits per heavy atom. The lowest BCUT2D eigenvalue weighted by Gasteiger charge is -2.07. The number of furan rings is 1. The molecular formula is C25H24N4O4. The van der Waals surface area contributed by atoms with Crippen LogP contribution in [0.1, 0.15) is 39.3 Å². The smallest absolute Gasteiger partial charge is 0.291 e. The summed E-state index contributed by atoms with van der Waals surface area (Å²) >= 11 is 0. The molecule has 0 atom stereocenters. The first-order valence-corrected chi connectivity index (χ1v) is 10.5. The van der Waals surface area contributed by atoms with Crippen molar-refractivity contribution in [3.8, 4) is 5.75 Å². The Balaban J connectivity index is 1.30. The maximum Gasteiger partial charge on any atom is 0.291 e. The number of amides is 2. The standard InChI is InChI=1S/C25H24N4O4/c1-3-17-4-10-20(11-5-17)32-16-21-12-13-23(33-21)25(31)27-19-8-6-18(7-9-19)26-24(30)22-14-15-29(2)28-22/h4-15H,3,16H2,1-2H3,(H,26,30)(H,27,31). The first kappa shape index (κ1) is 21.9. The van der Waals surface area contributed by atoms with Crippen molar-refractivity contribution >= 4 is 23.2 Å². The van der Waals surface area contributed by atoms with Gasteiger partial charge in [0.25, 0.3) is 11.8 Å². The van der Waals surface area contributed by atoms with Crippen molar-refractivity contribution in [2.24, 2.45) is 7.05 Å². The van der Waals surface area contributed by atoms with Gasteiger partial charge < -0.3 is 19.8 Å². The number of nitrogens with one attached hydrogen (secondary N) is 2. The van der Waals surface area contributed by atoms with Crippen LogP contribution in [-0.2, 0) is 20.1 Å². The minimum absolute atomic E-state index is 0.183. The monoisotopic (exact) mass is 444 g/mol. The first-order chi connectivity index (χ1) is 16.0. The van der Waals surface area contributed by atoms with Gasteiger partial charge in [0.1, 0.15) is 18.1 Å². The van der Waals surface area contributed by atoms with Crippen molar-refractivity contribution in [3.05, 3.63) is 95.7 Å². The molecule has 0 saturated heterocycles. The van der Waals surface area contributed by atoms with Crippen LogP contribution in [-0.4, -0.2) is 21.6 Å². The van der Waals surface area contributed by atoms with Gasteiger partial charge in [0.15, 0.2) is 11.5 Å². The molecule has 4 aromatic rings. The van der Waals surface area contributed by atoms with E-state index < -0.39 is 0 Å². The maximum absolute atomic E-state index is 12.5. The molecule has 0 aliphatic carbocycles. The number of hydrogen-bond acceptors (Lipinski definition) is 5. The maximum atomic E-state index is 12.5. The zero-order valence-electron chi connectivity index (χ0n) is 18.4. The quantitative estimate of drug-likeness (QED) is 0.412. The van der Waals surface area contributed by atoms with E-state index >= 15 is 0 Å². The summed E-state index contributed by atoms with van der Waals surface area (Å²) in [6.07, 6.45) is 2.67. The van der Waals surface area contributed by atoms with Crippen LogP contribution in [0.3, 0.4) is 0 Å². The number of carbonyl (C=O) groups is 2. The molecule has 2 aromatic heterocycles. The second-order valence-electron chi connectivity index (χ2n) is 7.41. The van der Waals surface area contributed by atoms with Crippen molar-refractivity contribution < 1.29 is 18.7 Å². The van der Waals surface area contributed by atoms with Crippen LogP contribution < -0.4 is 15.4 Å². The van der Waals surface area contributed by atoms with Crippen LogP contribution in [0.4, 0.5) is 11.4 Å². The summed E-state index contributed by atoms with van der Waals surface area (Å²) in [5.74, 6) is 0.789. The molecule has 168 valence electrons. The second-order valence-corrected chi connectivity index (χ2v) is 7.41. The van der Waals surface area contributed by atoms with Gasteiger partial charge in [-0.15, -0.1) is 0 Å². The van der Waals surface area contributed by atoms with Gasteiger partial charge in [0.05, 0.1) is 0 Å². The minimum Gasteiger partial charge on any atom is -0.486 e. The largest absolute Gasteiger partial charge is 0.486 e. The lowest BCUT2D eigenvalue weighted by Crippen LogP contribution is -2.13. The molecule has 4 rings (SSSR count). The molecule has 2 heterocycles. The molecule has 2 amide bonds. The number of nitrogens with zero attached hydrogens (tertiary/aromatic N) is 2. The molecule has 0 fully saturated rings. The Morgan fingerprint density at radius 3 is 2.18 bits per heavy atom. The summed E-state index contributed by atoms with van der Waals surface area (Å²) in [4.78, 5) is 24.7. The molecule has 2 N–H and O–H groups in total. The van der Waals surface area contributed by atoms with E-state index in [9.17, 15) is 9.59 Å². The van der Waals surface area contributed by atoms with Gasteiger partial charge in [-0.05, 0) is 66.6 Å². The van der Waals surface area contributed by atoms with Gasteiger partial charge in [-0.25, -0.2) is 0 Å². The van der Waals surface area contributed by atoms with E-state index in [1.165, 1.54) is 5.56 Å². The van der Waals surface area contributed by atoms with Crippen LogP contribution >= 0.6 is 0 Å². The fourth-order valence-corrected chi connectivity index (χ4v) is 3.11. The Kier molecular flexibility index (Phi) is 6.54. The summed E-state index contributed by atoms with van der Waals surface area (Å²) in [6, 6.07) is 19.6. The molecule has 8 heteroatoms. The lowest BCUT2D eigenvalue weighted by atomic mass is 10.2. The van der Waals surface area contributed by atoms with Crippen molar-refractivity contribution in [2.75, 3.05) is 10.6 Å². The van der Waals surface area contributed by atoms with Crippen LogP contribution in [0.2, 0.25) is 0 Å². The van der Waals surface area contributed by atoms with E-state index in [1.807, 2.05) is 24.3 Å². The highest BCUT2D eigenvalue weighted by Crippen LogP contribution is 2.18. The van der Waals surface area contributed by atoms with Crippen molar-refractivity contribution in [3.63, 3.8) is 0 Å². The molecule has 33 heavy (non-hydrogen) atoms. The SMILES string of the molecule is CCc1ccc(OCc2ccc(C(=O)Nc3ccc(NC(=O)c4ccn(C)n4)cc3)o2)cc1. The van der Waals surface area contributed by atoms with Gasteiger partial charge in [-0.3, -0.25) is 14.3 Å². The lowest BCUT2D eigenvalue weighted by molar-refractivity contribution is 0.0990. The van der Waals surface area contributed by atoms with E-state index in [0.29, 0.717) is 22.8 Å². The minimum atomic E-state index is -0.376. The van der Waals surface area contributed by atoms with Crippen LogP contribution in [0.15, 0.2) is 77.3 Å². The molecule has 0 spiro atoms. The van der Waals surface area contributed by atoms with Crippen molar-refractivity contribution in [1.29, 1.82) is 0 Å².